The Balaban J connectivity index is 1.72. The van der Waals surface area contributed by atoms with Crippen LogP contribution in [-0.2, 0) is 12.2 Å². The van der Waals surface area contributed by atoms with Crippen LogP contribution in [0.5, 0.6) is 0 Å². The third kappa shape index (κ3) is 4.04. The van der Waals surface area contributed by atoms with Crippen molar-refractivity contribution < 1.29 is 4.52 Å². The molecule has 0 aliphatic rings. The van der Waals surface area contributed by atoms with Gasteiger partial charge in [-0.05, 0) is 18.6 Å². The minimum atomic E-state index is -0.152. The molecular formula is C16H15ClN4O2S. The molecule has 0 unspecified atom stereocenters. The molecule has 3 rings (SSSR count). The number of aromatic nitrogens is 4. The van der Waals surface area contributed by atoms with E-state index in [-0.39, 0.29) is 5.56 Å². The van der Waals surface area contributed by atoms with Crippen molar-refractivity contribution in [1.82, 2.24) is 20.1 Å². The molecule has 0 aliphatic carbocycles. The third-order valence-corrected chi connectivity index (χ3v) is 4.39. The van der Waals surface area contributed by atoms with Crippen molar-refractivity contribution in [3.8, 4) is 11.5 Å². The van der Waals surface area contributed by atoms with Gasteiger partial charge in [0.05, 0.1) is 16.3 Å². The van der Waals surface area contributed by atoms with Gasteiger partial charge in [-0.15, -0.1) is 0 Å². The Morgan fingerprint density at radius 2 is 2.12 bits per heavy atom. The lowest BCUT2D eigenvalue weighted by Crippen LogP contribution is -2.10. The number of aryl methyl sites for hydroxylation is 1. The van der Waals surface area contributed by atoms with E-state index >= 15 is 0 Å². The average Bonchev–Trinajstić information content (AvgIpc) is 3.02. The first-order valence-corrected chi connectivity index (χ1v) is 8.82. The highest BCUT2D eigenvalue weighted by atomic mass is 35.5. The molecule has 6 nitrogen and oxygen atoms in total. The van der Waals surface area contributed by atoms with Crippen LogP contribution in [0.15, 0.2) is 44.8 Å². The topological polar surface area (TPSA) is 84.7 Å². The standard InChI is InChI=1S/C16H15ClN4O2S/c1-2-5-10-8-14(22)20-16(18-10)24-9-13-19-15(23-21-13)11-6-3-4-7-12(11)17/h3-4,6-8H,2,5,9H2,1H3,(H,18,20,22). The third-order valence-electron chi connectivity index (χ3n) is 3.19. The summed E-state index contributed by atoms with van der Waals surface area (Å²) in [7, 11) is 0. The van der Waals surface area contributed by atoms with Crippen LogP contribution in [0.2, 0.25) is 5.02 Å². The maximum absolute atomic E-state index is 11.7. The van der Waals surface area contributed by atoms with Crippen LogP contribution in [0.1, 0.15) is 24.9 Å². The van der Waals surface area contributed by atoms with Gasteiger partial charge in [0.2, 0.25) is 0 Å². The van der Waals surface area contributed by atoms with Gasteiger partial charge in [0.1, 0.15) is 0 Å². The Kier molecular flexibility index (Phi) is 5.32. The minimum Gasteiger partial charge on any atom is -0.334 e. The number of aromatic amines is 1. The van der Waals surface area contributed by atoms with Gasteiger partial charge in [0.25, 0.3) is 11.4 Å². The number of hydrogen-bond acceptors (Lipinski definition) is 6. The highest BCUT2D eigenvalue weighted by Gasteiger charge is 2.12. The Morgan fingerprint density at radius 3 is 2.92 bits per heavy atom. The molecule has 0 saturated heterocycles. The first kappa shape index (κ1) is 16.7. The molecular weight excluding hydrogens is 348 g/mol. The predicted octanol–water partition coefficient (Wildman–Crippen LogP) is 3.72. The molecule has 0 bridgehead atoms. The Bertz CT molecular complexity index is 894. The van der Waals surface area contributed by atoms with E-state index in [0.717, 1.165) is 18.5 Å². The molecule has 124 valence electrons. The van der Waals surface area contributed by atoms with Gasteiger partial charge in [-0.2, -0.15) is 4.98 Å². The van der Waals surface area contributed by atoms with E-state index in [1.165, 1.54) is 17.8 Å². The first-order chi connectivity index (χ1) is 11.7. The summed E-state index contributed by atoms with van der Waals surface area (Å²) in [6, 6.07) is 8.80. The van der Waals surface area contributed by atoms with Gasteiger partial charge in [0, 0.05) is 11.8 Å². The summed E-state index contributed by atoms with van der Waals surface area (Å²) in [6.07, 6.45) is 1.71. The number of nitrogens with one attached hydrogen (secondary N) is 1. The van der Waals surface area contributed by atoms with E-state index in [4.69, 9.17) is 16.1 Å². The minimum absolute atomic E-state index is 0.152. The Hall–Kier alpha value is -2.12. The number of thioether (sulfide) groups is 1. The smallest absolute Gasteiger partial charge is 0.259 e. The van der Waals surface area contributed by atoms with E-state index in [0.29, 0.717) is 33.2 Å². The van der Waals surface area contributed by atoms with E-state index in [1.54, 1.807) is 6.07 Å². The molecule has 0 aliphatic heterocycles. The molecule has 8 heteroatoms. The van der Waals surface area contributed by atoms with Crippen LogP contribution in [0.3, 0.4) is 0 Å². The SMILES string of the molecule is CCCc1cc(=O)[nH]c(SCc2noc(-c3ccccc3Cl)n2)n1. The molecule has 0 spiro atoms. The number of hydrogen-bond donors (Lipinski definition) is 1. The molecule has 0 atom stereocenters. The lowest BCUT2D eigenvalue weighted by Gasteiger charge is -2.01. The van der Waals surface area contributed by atoms with Gasteiger partial charge < -0.3 is 9.51 Å². The molecule has 2 aromatic heterocycles. The molecule has 0 radical (unpaired) electrons. The second kappa shape index (κ2) is 7.63. The highest BCUT2D eigenvalue weighted by molar-refractivity contribution is 7.98. The van der Waals surface area contributed by atoms with Crippen molar-refractivity contribution in [2.24, 2.45) is 0 Å². The lowest BCUT2D eigenvalue weighted by atomic mass is 10.2. The zero-order valence-electron chi connectivity index (χ0n) is 13.0. The summed E-state index contributed by atoms with van der Waals surface area (Å²) >= 11 is 7.48. The fourth-order valence-corrected chi connectivity index (χ4v) is 3.08. The van der Waals surface area contributed by atoms with Crippen molar-refractivity contribution in [2.45, 2.75) is 30.7 Å². The number of halogens is 1. The van der Waals surface area contributed by atoms with Crippen molar-refractivity contribution in [3.05, 3.63) is 57.2 Å². The lowest BCUT2D eigenvalue weighted by molar-refractivity contribution is 0.425. The fourth-order valence-electron chi connectivity index (χ4n) is 2.13. The van der Waals surface area contributed by atoms with Crippen LogP contribution in [0.4, 0.5) is 0 Å². The quantitative estimate of drug-likeness (QED) is 0.531. The summed E-state index contributed by atoms with van der Waals surface area (Å²) in [5.41, 5.74) is 1.33. The number of H-pyrrole nitrogens is 1. The van der Waals surface area contributed by atoms with Gasteiger partial charge >= 0.3 is 0 Å². The Labute approximate surface area is 147 Å². The zero-order chi connectivity index (χ0) is 16.9. The maximum Gasteiger partial charge on any atom is 0.259 e. The largest absolute Gasteiger partial charge is 0.334 e. The monoisotopic (exact) mass is 362 g/mol. The molecule has 0 fully saturated rings. The molecule has 3 aromatic rings. The summed E-state index contributed by atoms with van der Waals surface area (Å²) < 4.78 is 5.25. The summed E-state index contributed by atoms with van der Waals surface area (Å²) in [6.45, 7) is 2.05. The second-order valence-corrected chi connectivity index (χ2v) is 6.45. The zero-order valence-corrected chi connectivity index (χ0v) is 14.5. The molecule has 0 saturated carbocycles. The van der Waals surface area contributed by atoms with Crippen LogP contribution in [0.25, 0.3) is 11.5 Å². The van der Waals surface area contributed by atoms with Crippen molar-refractivity contribution in [3.63, 3.8) is 0 Å². The molecule has 2 heterocycles. The van der Waals surface area contributed by atoms with Crippen LogP contribution >= 0.6 is 23.4 Å². The van der Waals surface area contributed by atoms with Crippen LogP contribution in [0, 0.1) is 0 Å². The average molecular weight is 363 g/mol. The number of benzene rings is 1. The van der Waals surface area contributed by atoms with Crippen LogP contribution < -0.4 is 5.56 Å². The number of nitrogens with zero attached hydrogens (tertiary/aromatic N) is 3. The normalized spacial score (nSPS) is 10.9. The predicted molar refractivity (Wildman–Crippen MR) is 93.2 cm³/mol. The van der Waals surface area contributed by atoms with Gasteiger partial charge in [-0.1, -0.05) is 54.0 Å². The summed E-state index contributed by atoms with van der Waals surface area (Å²) in [4.78, 5) is 23.1. The van der Waals surface area contributed by atoms with Gasteiger partial charge in [-0.3, -0.25) is 4.79 Å². The molecule has 0 amide bonds. The second-order valence-electron chi connectivity index (χ2n) is 5.08. The van der Waals surface area contributed by atoms with E-state index in [1.807, 2.05) is 25.1 Å². The van der Waals surface area contributed by atoms with Crippen molar-refractivity contribution in [1.29, 1.82) is 0 Å². The molecule has 1 aromatic carbocycles. The van der Waals surface area contributed by atoms with Crippen LogP contribution in [-0.4, -0.2) is 20.1 Å². The Morgan fingerprint density at radius 1 is 1.29 bits per heavy atom. The fraction of sp³-hybridized carbons (Fsp3) is 0.250. The number of rotatable bonds is 6. The van der Waals surface area contributed by atoms with Crippen molar-refractivity contribution >= 4 is 23.4 Å². The van der Waals surface area contributed by atoms with E-state index in [2.05, 4.69) is 20.1 Å². The molecule has 1 N–H and O–H groups in total. The first-order valence-electron chi connectivity index (χ1n) is 7.46. The van der Waals surface area contributed by atoms with Gasteiger partial charge in [-0.25, -0.2) is 4.98 Å². The van der Waals surface area contributed by atoms with E-state index < -0.39 is 0 Å². The maximum atomic E-state index is 11.7. The molecule has 24 heavy (non-hydrogen) atoms. The summed E-state index contributed by atoms with van der Waals surface area (Å²) in [5.74, 6) is 1.32. The summed E-state index contributed by atoms with van der Waals surface area (Å²) in [5, 5.41) is 5.05. The van der Waals surface area contributed by atoms with Gasteiger partial charge in [0.15, 0.2) is 11.0 Å². The highest BCUT2D eigenvalue weighted by Crippen LogP contribution is 2.27. The van der Waals surface area contributed by atoms with Crippen molar-refractivity contribution in [2.75, 3.05) is 0 Å². The van der Waals surface area contributed by atoms with E-state index in [9.17, 15) is 4.79 Å².